The molecule has 0 saturated heterocycles. The topological polar surface area (TPSA) is 121 Å². The number of hydrogen-bond acceptors (Lipinski definition) is 6. The second kappa shape index (κ2) is 10.3. The fourth-order valence-electron chi connectivity index (χ4n) is 2.63. The molecule has 0 aromatic heterocycles. The molecule has 29 heavy (non-hydrogen) atoms. The maximum absolute atomic E-state index is 11.9. The Hall–Kier alpha value is -3.26. The molecule has 8 heteroatoms. The van der Waals surface area contributed by atoms with Crippen LogP contribution in [0.15, 0.2) is 42.5 Å². The number of benzene rings is 2. The number of ether oxygens (including phenoxy) is 2. The van der Waals surface area contributed by atoms with Gasteiger partial charge in [0.1, 0.15) is 12.4 Å². The molecule has 0 aliphatic heterocycles. The van der Waals surface area contributed by atoms with Gasteiger partial charge in [0, 0.05) is 17.8 Å². The van der Waals surface area contributed by atoms with Crippen LogP contribution in [0.1, 0.15) is 24.1 Å². The number of rotatable bonds is 11. The quantitative estimate of drug-likeness (QED) is 0.338. The standard InChI is InChI=1S/C21H28N4O4/c1-4-28-18-13-15(7-10-17(18)29-12-11-25(2)3)19(21(26)27)24-16-8-5-14(6-9-16)20(22)23/h5-10,13,19,24H,4,11-12H2,1-3H3,(H3,22,23)(H,26,27). The van der Waals surface area contributed by atoms with E-state index in [4.69, 9.17) is 20.6 Å². The zero-order valence-corrected chi connectivity index (χ0v) is 16.9. The smallest absolute Gasteiger partial charge is 0.330 e. The number of hydrogen-bond donors (Lipinski definition) is 4. The Morgan fingerprint density at radius 2 is 1.86 bits per heavy atom. The van der Waals surface area contributed by atoms with Gasteiger partial charge in [-0.25, -0.2) is 4.79 Å². The lowest BCUT2D eigenvalue weighted by atomic mass is 10.1. The largest absolute Gasteiger partial charge is 0.490 e. The maximum atomic E-state index is 11.9. The highest BCUT2D eigenvalue weighted by molar-refractivity contribution is 5.95. The minimum atomic E-state index is -1.02. The van der Waals surface area contributed by atoms with Crippen LogP contribution in [-0.2, 0) is 4.79 Å². The summed E-state index contributed by atoms with van der Waals surface area (Å²) in [6, 6.07) is 10.9. The molecule has 1 atom stereocenters. The summed E-state index contributed by atoms with van der Waals surface area (Å²) >= 11 is 0. The SMILES string of the molecule is CCOc1cc(C(Nc2ccc(C(=N)N)cc2)C(=O)O)ccc1OCCN(C)C. The molecule has 2 rings (SSSR count). The van der Waals surface area contributed by atoms with Crippen LogP contribution in [0.25, 0.3) is 0 Å². The number of aliphatic carboxylic acids is 1. The van der Waals surface area contributed by atoms with Crippen molar-refractivity contribution in [3.05, 3.63) is 53.6 Å². The van der Waals surface area contributed by atoms with Crippen molar-refractivity contribution in [2.75, 3.05) is 39.2 Å². The van der Waals surface area contributed by atoms with Crippen LogP contribution in [0.2, 0.25) is 0 Å². The minimum absolute atomic E-state index is 0.0439. The Balaban J connectivity index is 2.23. The maximum Gasteiger partial charge on any atom is 0.330 e. The Labute approximate surface area is 170 Å². The molecule has 0 spiro atoms. The fraction of sp³-hybridized carbons (Fsp3) is 0.333. The molecule has 2 aromatic carbocycles. The van der Waals surface area contributed by atoms with Crippen LogP contribution in [-0.4, -0.2) is 55.7 Å². The van der Waals surface area contributed by atoms with E-state index in [0.717, 1.165) is 6.54 Å². The van der Waals surface area contributed by atoms with Crippen molar-refractivity contribution in [1.82, 2.24) is 4.90 Å². The van der Waals surface area contributed by atoms with E-state index in [-0.39, 0.29) is 5.84 Å². The van der Waals surface area contributed by atoms with E-state index in [1.165, 1.54) is 0 Å². The number of likely N-dealkylation sites (N-methyl/N-ethyl adjacent to an activating group) is 1. The first-order chi connectivity index (χ1) is 13.8. The first-order valence-electron chi connectivity index (χ1n) is 9.30. The molecule has 0 saturated carbocycles. The first kappa shape index (κ1) is 22.0. The minimum Gasteiger partial charge on any atom is -0.490 e. The van der Waals surface area contributed by atoms with Crippen LogP contribution >= 0.6 is 0 Å². The van der Waals surface area contributed by atoms with Gasteiger partial charge in [-0.15, -0.1) is 0 Å². The highest BCUT2D eigenvalue weighted by Gasteiger charge is 2.22. The number of nitrogens with one attached hydrogen (secondary N) is 2. The van der Waals surface area contributed by atoms with E-state index in [2.05, 4.69) is 5.32 Å². The van der Waals surface area contributed by atoms with E-state index >= 15 is 0 Å². The van der Waals surface area contributed by atoms with Gasteiger partial charge in [-0.2, -0.15) is 0 Å². The van der Waals surface area contributed by atoms with Gasteiger partial charge in [-0.1, -0.05) is 6.07 Å². The summed E-state index contributed by atoms with van der Waals surface area (Å²) in [6.07, 6.45) is 0. The van der Waals surface area contributed by atoms with Crippen molar-refractivity contribution in [3.63, 3.8) is 0 Å². The first-order valence-corrected chi connectivity index (χ1v) is 9.30. The normalized spacial score (nSPS) is 11.7. The Morgan fingerprint density at radius 3 is 2.41 bits per heavy atom. The lowest BCUT2D eigenvalue weighted by Crippen LogP contribution is -2.21. The van der Waals surface area contributed by atoms with Crippen LogP contribution in [0.4, 0.5) is 5.69 Å². The second-order valence-electron chi connectivity index (χ2n) is 6.70. The lowest BCUT2D eigenvalue weighted by molar-refractivity contribution is -0.138. The number of carboxylic acids is 1. The van der Waals surface area contributed by atoms with Crippen molar-refractivity contribution in [3.8, 4) is 11.5 Å². The number of anilines is 1. The molecule has 0 amide bonds. The predicted molar refractivity (Wildman–Crippen MR) is 113 cm³/mol. The average Bonchev–Trinajstić information content (AvgIpc) is 2.67. The zero-order valence-electron chi connectivity index (χ0n) is 16.9. The summed E-state index contributed by atoms with van der Waals surface area (Å²) in [4.78, 5) is 13.9. The molecule has 8 nitrogen and oxygen atoms in total. The fourth-order valence-corrected chi connectivity index (χ4v) is 2.63. The summed E-state index contributed by atoms with van der Waals surface area (Å²) in [6.45, 7) is 3.54. The van der Waals surface area contributed by atoms with Crippen LogP contribution in [0.5, 0.6) is 11.5 Å². The molecule has 0 heterocycles. The summed E-state index contributed by atoms with van der Waals surface area (Å²) in [5.74, 6) is 0.0121. The Bertz CT molecular complexity index is 837. The van der Waals surface area contributed by atoms with Crippen LogP contribution in [0, 0.1) is 5.41 Å². The Morgan fingerprint density at radius 1 is 1.17 bits per heavy atom. The summed E-state index contributed by atoms with van der Waals surface area (Å²) in [7, 11) is 3.92. The molecule has 156 valence electrons. The molecule has 0 aliphatic carbocycles. The van der Waals surface area contributed by atoms with E-state index < -0.39 is 12.0 Å². The van der Waals surface area contributed by atoms with Crippen molar-refractivity contribution < 1.29 is 19.4 Å². The molecule has 5 N–H and O–H groups in total. The zero-order chi connectivity index (χ0) is 21.4. The van der Waals surface area contributed by atoms with Gasteiger partial charge >= 0.3 is 5.97 Å². The van der Waals surface area contributed by atoms with E-state index in [1.54, 1.807) is 42.5 Å². The van der Waals surface area contributed by atoms with Gasteiger partial charge in [0.15, 0.2) is 17.5 Å². The predicted octanol–water partition coefficient (Wildman–Crippen LogP) is 2.55. The number of nitrogen functional groups attached to an aromatic ring is 1. The van der Waals surface area contributed by atoms with E-state index in [1.807, 2.05) is 25.9 Å². The van der Waals surface area contributed by atoms with Gasteiger partial charge in [0.05, 0.1) is 6.61 Å². The molecule has 0 aliphatic rings. The number of carboxylic acid groups (broad SMARTS) is 1. The number of nitrogens with zero attached hydrogens (tertiary/aromatic N) is 1. The number of amidine groups is 1. The van der Waals surface area contributed by atoms with Gasteiger partial charge in [0.25, 0.3) is 0 Å². The van der Waals surface area contributed by atoms with Crippen molar-refractivity contribution in [1.29, 1.82) is 5.41 Å². The highest BCUT2D eigenvalue weighted by atomic mass is 16.5. The number of carbonyl (C=O) groups is 1. The van der Waals surface area contributed by atoms with Crippen molar-refractivity contribution >= 4 is 17.5 Å². The van der Waals surface area contributed by atoms with Gasteiger partial charge in [-0.05, 0) is 63.0 Å². The third-order valence-electron chi connectivity index (χ3n) is 4.15. The monoisotopic (exact) mass is 400 g/mol. The third-order valence-corrected chi connectivity index (χ3v) is 4.15. The molecule has 0 bridgehead atoms. The Kier molecular flexibility index (Phi) is 7.85. The summed E-state index contributed by atoms with van der Waals surface area (Å²) < 4.78 is 11.4. The van der Waals surface area contributed by atoms with Gasteiger partial charge < -0.3 is 30.5 Å². The molecule has 2 aromatic rings. The average molecular weight is 400 g/mol. The van der Waals surface area contributed by atoms with Gasteiger partial charge in [0.2, 0.25) is 0 Å². The van der Waals surface area contributed by atoms with Crippen molar-refractivity contribution in [2.45, 2.75) is 13.0 Å². The van der Waals surface area contributed by atoms with Crippen LogP contribution in [0.3, 0.4) is 0 Å². The third kappa shape index (κ3) is 6.39. The number of nitrogens with two attached hydrogens (primary N) is 1. The lowest BCUT2D eigenvalue weighted by Gasteiger charge is -2.19. The van der Waals surface area contributed by atoms with E-state index in [9.17, 15) is 9.90 Å². The molecule has 1 unspecified atom stereocenters. The van der Waals surface area contributed by atoms with E-state index in [0.29, 0.717) is 41.5 Å². The van der Waals surface area contributed by atoms with Gasteiger partial charge in [-0.3, -0.25) is 5.41 Å². The molecular weight excluding hydrogens is 372 g/mol. The highest BCUT2D eigenvalue weighted by Crippen LogP contribution is 2.32. The molecular formula is C21H28N4O4. The molecule has 0 radical (unpaired) electrons. The molecule has 0 fully saturated rings. The van der Waals surface area contributed by atoms with Crippen molar-refractivity contribution in [2.24, 2.45) is 5.73 Å². The van der Waals surface area contributed by atoms with Crippen LogP contribution < -0.4 is 20.5 Å². The second-order valence-corrected chi connectivity index (χ2v) is 6.70. The summed E-state index contributed by atoms with van der Waals surface area (Å²) in [5.41, 5.74) is 7.17. The summed E-state index contributed by atoms with van der Waals surface area (Å²) in [5, 5.41) is 20.2.